The first-order chi connectivity index (χ1) is 13.6. The predicted molar refractivity (Wildman–Crippen MR) is 111 cm³/mol. The maximum absolute atomic E-state index is 12.6. The van der Waals surface area contributed by atoms with Crippen molar-refractivity contribution in [2.45, 2.75) is 51.1 Å². The first kappa shape index (κ1) is 19.7. The molecule has 0 unspecified atom stereocenters. The molecule has 0 radical (unpaired) electrons. The number of likely N-dealkylation sites (tertiary alicyclic amines) is 1. The normalized spacial score (nSPS) is 27.2. The summed E-state index contributed by atoms with van der Waals surface area (Å²) in [6.45, 7) is 8.84. The molecule has 1 saturated carbocycles. The summed E-state index contributed by atoms with van der Waals surface area (Å²) in [4.78, 5) is 19.9. The molecule has 3 aliphatic rings. The Hall–Kier alpha value is -1.59. The number of rotatable bonds is 6. The molecule has 1 aliphatic carbocycles. The molecule has 3 fully saturated rings. The quantitative estimate of drug-likeness (QED) is 0.754. The number of amides is 1. The van der Waals surface area contributed by atoms with Crippen LogP contribution in [-0.4, -0.2) is 72.5 Å². The number of benzene rings is 1. The van der Waals surface area contributed by atoms with Crippen molar-refractivity contribution in [1.82, 2.24) is 14.7 Å². The van der Waals surface area contributed by atoms with Gasteiger partial charge in [-0.05, 0) is 63.3 Å². The molecule has 1 amide bonds. The Morgan fingerprint density at radius 2 is 1.89 bits per heavy atom. The van der Waals surface area contributed by atoms with Crippen LogP contribution in [0, 0.1) is 5.92 Å². The van der Waals surface area contributed by atoms with Crippen molar-refractivity contribution in [3.05, 3.63) is 29.8 Å². The number of nitrogens with zero attached hydrogens (tertiary/aromatic N) is 3. The molecule has 0 bridgehead atoms. The fourth-order valence-corrected chi connectivity index (χ4v) is 4.83. The summed E-state index contributed by atoms with van der Waals surface area (Å²) in [5.41, 5.74) is 1.47. The molecule has 5 nitrogen and oxygen atoms in total. The standard InChI is InChI=1S/C23H35N3O2/c1-3-28-21-8-6-19(7-9-21)16-25-15-14-24(2)23(18-25)11-10-22(27)26(13-12-23)17-20-4-5-20/h6-9,20H,3-5,10-18H2,1-2H3/t23-/m1/s1. The fraction of sp³-hybridized carbons (Fsp3) is 0.696. The van der Waals surface area contributed by atoms with Gasteiger partial charge in [0.2, 0.25) is 5.91 Å². The third kappa shape index (κ3) is 4.52. The topological polar surface area (TPSA) is 36.0 Å². The largest absolute Gasteiger partial charge is 0.494 e. The van der Waals surface area contributed by atoms with Gasteiger partial charge in [0.25, 0.3) is 0 Å². The second kappa shape index (κ2) is 8.42. The van der Waals surface area contributed by atoms with E-state index in [4.69, 9.17) is 4.74 Å². The molecule has 1 spiro atoms. The maximum atomic E-state index is 12.6. The molecule has 0 aromatic heterocycles. The van der Waals surface area contributed by atoms with Gasteiger partial charge in [0.15, 0.2) is 0 Å². The van der Waals surface area contributed by atoms with E-state index in [1.807, 2.05) is 6.92 Å². The number of ether oxygens (including phenoxy) is 1. The number of likely N-dealkylation sites (N-methyl/N-ethyl adjacent to an activating group) is 1. The summed E-state index contributed by atoms with van der Waals surface area (Å²) in [6, 6.07) is 8.52. The zero-order valence-electron chi connectivity index (χ0n) is 17.5. The lowest BCUT2D eigenvalue weighted by Crippen LogP contribution is -2.60. The monoisotopic (exact) mass is 385 g/mol. The molecular weight excluding hydrogens is 350 g/mol. The van der Waals surface area contributed by atoms with E-state index < -0.39 is 0 Å². The number of carbonyl (C=O) groups is 1. The third-order valence-electron chi connectivity index (χ3n) is 6.90. The van der Waals surface area contributed by atoms with Crippen LogP contribution in [0.5, 0.6) is 5.75 Å². The van der Waals surface area contributed by atoms with Crippen LogP contribution in [0.4, 0.5) is 0 Å². The van der Waals surface area contributed by atoms with E-state index in [-0.39, 0.29) is 5.54 Å². The van der Waals surface area contributed by atoms with E-state index in [9.17, 15) is 4.79 Å². The molecule has 4 rings (SSSR count). The second-order valence-electron chi connectivity index (χ2n) is 8.97. The highest BCUT2D eigenvalue weighted by molar-refractivity contribution is 5.76. The SMILES string of the molecule is CCOc1ccc(CN2CCN(C)[C@@]3(CCC(=O)N(CC4CC4)CC3)C2)cc1. The Morgan fingerprint density at radius 1 is 1.11 bits per heavy atom. The molecule has 2 saturated heterocycles. The van der Waals surface area contributed by atoms with Crippen molar-refractivity contribution in [2.75, 3.05) is 46.4 Å². The molecule has 154 valence electrons. The summed E-state index contributed by atoms with van der Waals surface area (Å²) in [7, 11) is 2.26. The van der Waals surface area contributed by atoms with E-state index in [1.165, 1.54) is 18.4 Å². The van der Waals surface area contributed by atoms with Crippen LogP contribution in [0.15, 0.2) is 24.3 Å². The third-order valence-corrected chi connectivity index (χ3v) is 6.90. The average Bonchev–Trinajstić information content (AvgIpc) is 3.52. The van der Waals surface area contributed by atoms with Gasteiger partial charge in [0, 0.05) is 51.2 Å². The zero-order chi connectivity index (χ0) is 19.6. The average molecular weight is 386 g/mol. The summed E-state index contributed by atoms with van der Waals surface area (Å²) in [5.74, 6) is 2.10. The minimum atomic E-state index is 0.136. The Morgan fingerprint density at radius 3 is 2.61 bits per heavy atom. The Balaban J connectivity index is 1.40. The van der Waals surface area contributed by atoms with E-state index in [1.54, 1.807) is 0 Å². The Bertz CT molecular complexity index is 673. The molecule has 2 heterocycles. The minimum absolute atomic E-state index is 0.136. The molecule has 2 aliphatic heterocycles. The molecular formula is C23H35N3O2. The Kier molecular flexibility index (Phi) is 5.93. The van der Waals surface area contributed by atoms with Crippen LogP contribution in [0.1, 0.15) is 44.6 Å². The minimum Gasteiger partial charge on any atom is -0.494 e. The molecule has 1 aromatic carbocycles. The van der Waals surface area contributed by atoms with Gasteiger partial charge in [0.05, 0.1) is 6.61 Å². The summed E-state index contributed by atoms with van der Waals surface area (Å²) in [5, 5.41) is 0. The second-order valence-corrected chi connectivity index (χ2v) is 8.97. The van der Waals surface area contributed by atoms with Gasteiger partial charge >= 0.3 is 0 Å². The van der Waals surface area contributed by atoms with Gasteiger partial charge in [0.1, 0.15) is 5.75 Å². The van der Waals surface area contributed by atoms with Gasteiger partial charge in [-0.15, -0.1) is 0 Å². The maximum Gasteiger partial charge on any atom is 0.222 e. The fourth-order valence-electron chi connectivity index (χ4n) is 4.83. The van der Waals surface area contributed by atoms with Gasteiger partial charge in [-0.1, -0.05) is 12.1 Å². The van der Waals surface area contributed by atoms with Crippen molar-refractivity contribution in [3.8, 4) is 5.75 Å². The van der Waals surface area contributed by atoms with Crippen molar-refractivity contribution in [2.24, 2.45) is 5.92 Å². The van der Waals surface area contributed by atoms with Crippen LogP contribution < -0.4 is 4.74 Å². The lowest BCUT2D eigenvalue weighted by atomic mass is 9.86. The highest BCUT2D eigenvalue weighted by Gasteiger charge is 2.42. The van der Waals surface area contributed by atoms with Crippen LogP contribution in [0.3, 0.4) is 0 Å². The van der Waals surface area contributed by atoms with Crippen LogP contribution in [-0.2, 0) is 11.3 Å². The molecule has 0 N–H and O–H groups in total. The summed E-state index contributed by atoms with van der Waals surface area (Å²) >= 11 is 0. The Labute approximate surface area is 169 Å². The van der Waals surface area contributed by atoms with E-state index in [0.29, 0.717) is 18.9 Å². The number of hydrogen-bond acceptors (Lipinski definition) is 4. The summed E-state index contributed by atoms with van der Waals surface area (Å²) < 4.78 is 5.56. The molecule has 5 heteroatoms. The molecule has 1 aromatic rings. The van der Waals surface area contributed by atoms with Crippen molar-refractivity contribution >= 4 is 5.91 Å². The van der Waals surface area contributed by atoms with Crippen molar-refractivity contribution in [3.63, 3.8) is 0 Å². The van der Waals surface area contributed by atoms with E-state index in [2.05, 4.69) is 46.0 Å². The van der Waals surface area contributed by atoms with Crippen molar-refractivity contribution in [1.29, 1.82) is 0 Å². The smallest absolute Gasteiger partial charge is 0.222 e. The highest BCUT2D eigenvalue weighted by atomic mass is 16.5. The predicted octanol–water partition coefficient (Wildman–Crippen LogP) is 2.99. The first-order valence-corrected chi connectivity index (χ1v) is 11.0. The number of hydrogen-bond donors (Lipinski definition) is 0. The van der Waals surface area contributed by atoms with Crippen molar-refractivity contribution < 1.29 is 9.53 Å². The van der Waals surface area contributed by atoms with Crippen LogP contribution in [0.25, 0.3) is 0 Å². The molecule has 28 heavy (non-hydrogen) atoms. The van der Waals surface area contributed by atoms with Crippen LogP contribution in [0.2, 0.25) is 0 Å². The lowest BCUT2D eigenvalue weighted by Gasteiger charge is -2.49. The van der Waals surface area contributed by atoms with E-state index in [0.717, 1.165) is 63.8 Å². The summed E-state index contributed by atoms with van der Waals surface area (Å²) in [6.07, 6.45) is 5.41. The van der Waals surface area contributed by atoms with Gasteiger partial charge in [-0.3, -0.25) is 14.6 Å². The van der Waals surface area contributed by atoms with Crippen LogP contribution >= 0.6 is 0 Å². The first-order valence-electron chi connectivity index (χ1n) is 11.0. The van der Waals surface area contributed by atoms with Gasteiger partial charge in [-0.25, -0.2) is 0 Å². The van der Waals surface area contributed by atoms with Gasteiger partial charge < -0.3 is 9.64 Å². The lowest BCUT2D eigenvalue weighted by molar-refractivity contribution is -0.131. The number of carbonyl (C=O) groups excluding carboxylic acids is 1. The highest BCUT2D eigenvalue weighted by Crippen LogP contribution is 2.35. The number of piperazine rings is 1. The molecule has 1 atom stereocenters. The van der Waals surface area contributed by atoms with E-state index >= 15 is 0 Å². The zero-order valence-corrected chi connectivity index (χ0v) is 17.5. The van der Waals surface area contributed by atoms with Gasteiger partial charge in [-0.2, -0.15) is 0 Å².